The van der Waals surface area contributed by atoms with Gasteiger partial charge in [-0.1, -0.05) is 11.3 Å². The summed E-state index contributed by atoms with van der Waals surface area (Å²) in [6.45, 7) is 4.05. The zero-order valence-corrected chi connectivity index (χ0v) is 9.75. The van der Waals surface area contributed by atoms with Crippen molar-refractivity contribution in [1.29, 1.82) is 0 Å². The van der Waals surface area contributed by atoms with Gasteiger partial charge in [-0.3, -0.25) is 0 Å². The molecule has 0 unspecified atom stereocenters. The molecule has 0 aliphatic rings. The van der Waals surface area contributed by atoms with Crippen LogP contribution in [0.1, 0.15) is 18.2 Å². The van der Waals surface area contributed by atoms with Gasteiger partial charge < -0.3 is 4.74 Å². The molecular weight excluding hydrogens is 218 g/mol. The van der Waals surface area contributed by atoms with Crippen molar-refractivity contribution in [2.45, 2.75) is 13.8 Å². The Labute approximate surface area is 98.7 Å². The average molecular weight is 231 g/mol. The van der Waals surface area contributed by atoms with Gasteiger partial charge in [-0.15, -0.1) is 5.10 Å². The highest BCUT2D eigenvalue weighted by atomic mass is 16.5. The van der Waals surface area contributed by atoms with Gasteiger partial charge in [-0.05, 0) is 31.6 Å². The molecule has 0 aliphatic heterocycles. The van der Waals surface area contributed by atoms with E-state index in [1.807, 2.05) is 25.3 Å². The Morgan fingerprint density at radius 1 is 1.53 bits per heavy atom. The quantitative estimate of drug-likeness (QED) is 0.595. The van der Waals surface area contributed by atoms with Crippen molar-refractivity contribution in [1.82, 2.24) is 14.8 Å². The molecule has 0 spiro atoms. The van der Waals surface area contributed by atoms with E-state index in [0.29, 0.717) is 6.61 Å². The molecule has 2 aromatic heterocycles. The highest BCUT2D eigenvalue weighted by Gasteiger charge is 2.00. The van der Waals surface area contributed by atoms with Crippen molar-refractivity contribution in [3.63, 3.8) is 0 Å². The molecule has 0 aromatic carbocycles. The van der Waals surface area contributed by atoms with Gasteiger partial charge in [-0.2, -0.15) is 0 Å². The molecule has 2 aromatic rings. The number of carbonyl (C=O) groups excluding carboxylic acids is 1. The number of pyridine rings is 1. The first kappa shape index (κ1) is 11.3. The molecule has 17 heavy (non-hydrogen) atoms. The van der Waals surface area contributed by atoms with Gasteiger partial charge in [0, 0.05) is 12.3 Å². The van der Waals surface area contributed by atoms with Crippen molar-refractivity contribution < 1.29 is 9.53 Å². The molecule has 5 heteroatoms. The Morgan fingerprint density at radius 2 is 2.35 bits per heavy atom. The number of ether oxygens (including phenoxy) is 1. The lowest BCUT2D eigenvalue weighted by molar-refractivity contribution is -0.137. The first-order valence-electron chi connectivity index (χ1n) is 5.37. The summed E-state index contributed by atoms with van der Waals surface area (Å²) >= 11 is 0. The second-order valence-corrected chi connectivity index (χ2v) is 3.55. The predicted molar refractivity (Wildman–Crippen MR) is 63.4 cm³/mol. The van der Waals surface area contributed by atoms with Gasteiger partial charge in [0.15, 0.2) is 0 Å². The molecule has 2 rings (SSSR count). The van der Waals surface area contributed by atoms with Crippen LogP contribution in [0.25, 0.3) is 11.6 Å². The maximum Gasteiger partial charge on any atom is 0.330 e. The van der Waals surface area contributed by atoms with Gasteiger partial charge in [0.05, 0.1) is 17.8 Å². The van der Waals surface area contributed by atoms with Crippen LogP contribution in [0, 0.1) is 6.92 Å². The van der Waals surface area contributed by atoms with Crippen LogP contribution in [-0.2, 0) is 9.53 Å². The van der Waals surface area contributed by atoms with Crippen LogP contribution < -0.4 is 0 Å². The predicted octanol–water partition coefficient (Wildman–Crippen LogP) is 1.61. The summed E-state index contributed by atoms with van der Waals surface area (Å²) < 4.78 is 6.48. The van der Waals surface area contributed by atoms with Crippen molar-refractivity contribution in [3.05, 3.63) is 35.7 Å². The number of rotatable bonds is 3. The fourth-order valence-electron chi connectivity index (χ4n) is 1.49. The van der Waals surface area contributed by atoms with Crippen LogP contribution in [0.2, 0.25) is 0 Å². The lowest BCUT2D eigenvalue weighted by Crippen LogP contribution is -1.98. The van der Waals surface area contributed by atoms with E-state index >= 15 is 0 Å². The van der Waals surface area contributed by atoms with E-state index in [2.05, 4.69) is 10.3 Å². The normalized spacial score (nSPS) is 11.2. The molecule has 2 heterocycles. The third kappa shape index (κ3) is 2.50. The van der Waals surface area contributed by atoms with E-state index in [9.17, 15) is 4.79 Å². The van der Waals surface area contributed by atoms with Gasteiger partial charge in [0.1, 0.15) is 0 Å². The van der Waals surface area contributed by atoms with E-state index in [1.165, 1.54) is 6.08 Å². The Bertz CT molecular complexity index is 572. The summed E-state index contributed by atoms with van der Waals surface area (Å²) in [7, 11) is 0. The number of aromatic nitrogens is 3. The van der Waals surface area contributed by atoms with Gasteiger partial charge in [0.25, 0.3) is 0 Å². The minimum Gasteiger partial charge on any atom is -0.463 e. The van der Waals surface area contributed by atoms with E-state index in [4.69, 9.17) is 4.74 Å². The monoisotopic (exact) mass is 231 g/mol. The van der Waals surface area contributed by atoms with Crippen LogP contribution in [0.4, 0.5) is 0 Å². The lowest BCUT2D eigenvalue weighted by atomic mass is 10.2. The van der Waals surface area contributed by atoms with Crippen LogP contribution in [-0.4, -0.2) is 27.4 Å². The highest BCUT2D eigenvalue weighted by Crippen LogP contribution is 2.09. The first-order valence-corrected chi connectivity index (χ1v) is 5.37. The molecule has 0 bridgehead atoms. The SMILES string of the molecule is CCOC(=O)/C=C/c1ccc2c(C)nnn2c1. The van der Waals surface area contributed by atoms with E-state index in [0.717, 1.165) is 16.8 Å². The summed E-state index contributed by atoms with van der Waals surface area (Å²) in [5.41, 5.74) is 2.71. The number of hydrogen-bond acceptors (Lipinski definition) is 4. The van der Waals surface area contributed by atoms with Crippen molar-refractivity contribution >= 4 is 17.6 Å². The standard InChI is InChI=1S/C12H13N3O2/c1-3-17-12(16)7-5-10-4-6-11-9(2)13-14-15(11)8-10/h4-8H,3H2,1-2H3/b7-5+. The maximum atomic E-state index is 11.1. The van der Waals surface area contributed by atoms with Crippen molar-refractivity contribution in [3.8, 4) is 0 Å². The zero-order valence-electron chi connectivity index (χ0n) is 9.75. The molecular formula is C12H13N3O2. The summed E-state index contributed by atoms with van der Waals surface area (Å²) in [5, 5.41) is 7.92. The maximum absolute atomic E-state index is 11.1. The van der Waals surface area contributed by atoms with Crippen molar-refractivity contribution in [2.24, 2.45) is 0 Å². The number of nitrogens with zero attached hydrogens (tertiary/aromatic N) is 3. The molecule has 0 radical (unpaired) electrons. The van der Waals surface area contributed by atoms with E-state index in [-0.39, 0.29) is 5.97 Å². The third-order valence-electron chi connectivity index (χ3n) is 2.31. The number of fused-ring (bicyclic) bond motifs is 1. The minimum absolute atomic E-state index is 0.345. The first-order chi connectivity index (χ1) is 8.20. The molecule has 88 valence electrons. The number of aryl methyl sites for hydroxylation is 1. The molecule has 5 nitrogen and oxygen atoms in total. The molecule has 0 saturated carbocycles. The minimum atomic E-state index is -0.345. The van der Waals surface area contributed by atoms with Gasteiger partial charge in [0.2, 0.25) is 0 Å². The number of hydrogen-bond donors (Lipinski definition) is 0. The van der Waals surface area contributed by atoms with Gasteiger partial charge in [-0.25, -0.2) is 9.31 Å². The fraction of sp³-hybridized carbons (Fsp3) is 0.250. The van der Waals surface area contributed by atoms with Crippen LogP contribution in [0.15, 0.2) is 24.4 Å². The highest BCUT2D eigenvalue weighted by molar-refractivity contribution is 5.87. The fourth-order valence-corrected chi connectivity index (χ4v) is 1.49. The Morgan fingerprint density at radius 3 is 3.12 bits per heavy atom. The number of carbonyl (C=O) groups is 1. The van der Waals surface area contributed by atoms with Crippen LogP contribution >= 0.6 is 0 Å². The summed E-state index contributed by atoms with van der Waals surface area (Å²) in [5.74, 6) is -0.345. The largest absolute Gasteiger partial charge is 0.463 e. The molecule has 0 fully saturated rings. The summed E-state index contributed by atoms with van der Waals surface area (Å²) in [6.07, 6.45) is 4.90. The summed E-state index contributed by atoms with van der Waals surface area (Å²) in [4.78, 5) is 11.1. The second kappa shape index (κ2) is 4.78. The van der Waals surface area contributed by atoms with Crippen LogP contribution in [0.3, 0.4) is 0 Å². The Hall–Kier alpha value is -2.17. The number of esters is 1. The third-order valence-corrected chi connectivity index (χ3v) is 2.31. The Kier molecular flexibility index (Phi) is 3.18. The van der Waals surface area contributed by atoms with E-state index < -0.39 is 0 Å². The second-order valence-electron chi connectivity index (χ2n) is 3.55. The average Bonchev–Trinajstić information content (AvgIpc) is 2.69. The molecule has 0 aliphatic carbocycles. The molecule has 0 N–H and O–H groups in total. The molecule has 0 saturated heterocycles. The summed E-state index contributed by atoms with van der Waals surface area (Å²) in [6, 6.07) is 3.82. The zero-order chi connectivity index (χ0) is 12.3. The van der Waals surface area contributed by atoms with E-state index in [1.54, 1.807) is 17.5 Å². The van der Waals surface area contributed by atoms with Gasteiger partial charge >= 0.3 is 5.97 Å². The van der Waals surface area contributed by atoms with Crippen LogP contribution in [0.5, 0.6) is 0 Å². The topological polar surface area (TPSA) is 56.5 Å². The molecule has 0 atom stereocenters. The molecule has 0 amide bonds. The smallest absolute Gasteiger partial charge is 0.330 e. The lowest BCUT2D eigenvalue weighted by Gasteiger charge is -1.97. The Balaban J connectivity index is 2.22. The van der Waals surface area contributed by atoms with Crippen molar-refractivity contribution in [2.75, 3.05) is 6.61 Å².